The normalized spacial score (nSPS) is 14.2. The van der Waals surface area contributed by atoms with E-state index in [4.69, 9.17) is 16.3 Å². The molecular formula is C29H32ClN7O4S. The second-order valence-electron chi connectivity index (χ2n) is 10.0. The standard InChI is InChI=1S/C29H32ClN7O4S/c1-19(2)42(39,40)26-10-6-5-9-23(26)34-27-21(30)18-32-29(36-27)35-24-17-25(33-22-8-4-3-7-20(22)24)28(38)31-11-12-37-13-15-41-16-14-37/h3-10,17-19H,11-16H2,1-2H3,(H,31,38)(H2,32,33,34,35,36). The largest absolute Gasteiger partial charge is 0.379 e. The second-order valence-corrected chi connectivity index (χ2v) is 12.9. The Morgan fingerprint density at radius 3 is 2.55 bits per heavy atom. The second kappa shape index (κ2) is 13.0. The highest BCUT2D eigenvalue weighted by Gasteiger charge is 2.23. The number of carbonyl (C=O) groups excluding carboxylic acids is 1. The number of nitrogens with one attached hydrogen (secondary N) is 3. The molecule has 2 aromatic carbocycles. The first-order chi connectivity index (χ1) is 20.2. The quantitative estimate of drug-likeness (QED) is 0.237. The molecule has 11 nitrogen and oxygen atoms in total. The minimum absolute atomic E-state index is 0.147. The summed E-state index contributed by atoms with van der Waals surface area (Å²) in [6.07, 6.45) is 1.42. The Morgan fingerprint density at radius 1 is 1.02 bits per heavy atom. The van der Waals surface area contributed by atoms with Crippen molar-refractivity contribution in [2.24, 2.45) is 0 Å². The van der Waals surface area contributed by atoms with E-state index < -0.39 is 15.1 Å². The predicted molar refractivity (Wildman–Crippen MR) is 164 cm³/mol. The molecule has 0 spiro atoms. The molecule has 4 aromatic rings. The average molecular weight is 610 g/mol. The number of nitrogens with zero attached hydrogens (tertiary/aromatic N) is 4. The molecule has 13 heteroatoms. The summed E-state index contributed by atoms with van der Waals surface area (Å²) in [5.41, 5.74) is 1.80. The number of hydrogen-bond donors (Lipinski definition) is 3. The van der Waals surface area contributed by atoms with Crippen molar-refractivity contribution in [2.75, 3.05) is 50.0 Å². The van der Waals surface area contributed by atoms with E-state index in [1.165, 1.54) is 6.20 Å². The van der Waals surface area contributed by atoms with E-state index in [-0.39, 0.29) is 33.3 Å². The lowest BCUT2D eigenvalue weighted by Gasteiger charge is -2.26. The van der Waals surface area contributed by atoms with Crippen LogP contribution < -0.4 is 16.0 Å². The van der Waals surface area contributed by atoms with Crippen LogP contribution in [0.25, 0.3) is 10.9 Å². The number of pyridine rings is 1. The van der Waals surface area contributed by atoms with Crippen LogP contribution in [0.5, 0.6) is 0 Å². The fourth-order valence-electron chi connectivity index (χ4n) is 4.47. The highest BCUT2D eigenvalue weighted by molar-refractivity contribution is 7.92. The number of anilines is 4. The van der Waals surface area contributed by atoms with Crippen LogP contribution in [0, 0.1) is 0 Å². The van der Waals surface area contributed by atoms with Gasteiger partial charge in [-0.2, -0.15) is 4.98 Å². The van der Waals surface area contributed by atoms with Crippen molar-refractivity contribution in [1.82, 2.24) is 25.2 Å². The maximum atomic E-state index is 13.0. The van der Waals surface area contributed by atoms with Crippen LogP contribution in [0.4, 0.5) is 23.1 Å². The van der Waals surface area contributed by atoms with Crippen LogP contribution in [-0.4, -0.2) is 78.8 Å². The molecule has 1 amide bonds. The fourth-order valence-corrected chi connectivity index (χ4v) is 5.81. The van der Waals surface area contributed by atoms with Gasteiger partial charge in [0, 0.05) is 31.6 Å². The highest BCUT2D eigenvalue weighted by Crippen LogP contribution is 2.31. The molecule has 3 N–H and O–H groups in total. The Morgan fingerprint density at radius 2 is 1.76 bits per heavy atom. The van der Waals surface area contributed by atoms with E-state index in [0.717, 1.165) is 25.0 Å². The number of fused-ring (bicyclic) bond motifs is 1. The van der Waals surface area contributed by atoms with Crippen LogP contribution in [0.15, 0.2) is 65.7 Å². The number of benzene rings is 2. The van der Waals surface area contributed by atoms with E-state index in [0.29, 0.717) is 36.6 Å². The molecule has 2 aromatic heterocycles. The van der Waals surface area contributed by atoms with Crippen LogP contribution in [0.3, 0.4) is 0 Å². The summed E-state index contributed by atoms with van der Waals surface area (Å²) in [6, 6.07) is 15.7. The van der Waals surface area contributed by atoms with Gasteiger partial charge in [-0.1, -0.05) is 41.9 Å². The third-order valence-corrected chi connectivity index (χ3v) is 9.31. The van der Waals surface area contributed by atoms with Gasteiger partial charge in [0.2, 0.25) is 5.95 Å². The Hall–Kier alpha value is -3.84. The number of amides is 1. The summed E-state index contributed by atoms with van der Waals surface area (Å²) in [6.45, 7) is 7.55. The number of hydrogen-bond acceptors (Lipinski definition) is 10. The van der Waals surface area contributed by atoms with E-state index in [1.807, 2.05) is 24.3 Å². The molecule has 1 aliphatic heterocycles. The summed E-state index contributed by atoms with van der Waals surface area (Å²) in [5.74, 6) is 0.126. The predicted octanol–water partition coefficient (Wildman–Crippen LogP) is 4.41. The number of morpholine rings is 1. The number of para-hydroxylation sites is 2. The maximum Gasteiger partial charge on any atom is 0.270 e. The minimum Gasteiger partial charge on any atom is -0.379 e. The number of ether oxygens (including phenoxy) is 1. The molecule has 1 saturated heterocycles. The zero-order chi connectivity index (χ0) is 29.7. The summed E-state index contributed by atoms with van der Waals surface area (Å²) in [7, 11) is -3.57. The van der Waals surface area contributed by atoms with Gasteiger partial charge < -0.3 is 20.7 Å². The molecule has 0 radical (unpaired) electrons. The van der Waals surface area contributed by atoms with Gasteiger partial charge >= 0.3 is 0 Å². The van der Waals surface area contributed by atoms with E-state index in [9.17, 15) is 13.2 Å². The van der Waals surface area contributed by atoms with Crippen molar-refractivity contribution in [3.63, 3.8) is 0 Å². The third-order valence-electron chi connectivity index (χ3n) is 6.82. The van der Waals surface area contributed by atoms with Crippen molar-refractivity contribution in [1.29, 1.82) is 0 Å². The topological polar surface area (TPSA) is 138 Å². The Labute approximate surface area is 249 Å². The number of halogens is 1. The molecule has 220 valence electrons. The zero-order valence-corrected chi connectivity index (χ0v) is 24.9. The zero-order valence-electron chi connectivity index (χ0n) is 23.3. The number of aromatic nitrogens is 3. The summed E-state index contributed by atoms with van der Waals surface area (Å²) < 4.78 is 31.2. The molecule has 1 fully saturated rings. The molecule has 0 bridgehead atoms. The lowest BCUT2D eigenvalue weighted by molar-refractivity contribution is 0.0383. The molecule has 0 saturated carbocycles. The van der Waals surface area contributed by atoms with Gasteiger partial charge in [-0.3, -0.25) is 9.69 Å². The smallest absolute Gasteiger partial charge is 0.270 e. The van der Waals surface area contributed by atoms with Gasteiger partial charge in [0.15, 0.2) is 15.7 Å². The van der Waals surface area contributed by atoms with Crippen LogP contribution >= 0.6 is 11.6 Å². The molecule has 3 heterocycles. The molecular weight excluding hydrogens is 578 g/mol. The van der Waals surface area contributed by atoms with Crippen LogP contribution in [-0.2, 0) is 14.6 Å². The summed E-state index contributed by atoms with van der Waals surface area (Å²) >= 11 is 6.41. The fraction of sp³-hybridized carbons (Fsp3) is 0.310. The van der Waals surface area contributed by atoms with Gasteiger partial charge in [-0.15, -0.1) is 0 Å². The molecule has 0 atom stereocenters. The van der Waals surface area contributed by atoms with Crippen molar-refractivity contribution in [3.8, 4) is 0 Å². The Balaban J connectivity index is 1.39. The van der Waals surface area contributed by atoms with Gasteiger partial charge in [0.25, 0.3) is 5.91 Å². The molecule has 5 rings (SSSR count). The molecule has 42 heavy (non-hydrogen) atoms. The van der Waals surface area contributed by atoms with E-state index >= 15 is 0 Å². The molecule has 0 aliphatic carbocycles. The van der Waals surface area contributed by atoms with Crippen molar-refractivity contribution in [2.45, 2.75) is 24.0 Å². The van der Waals surface area contributed by atoms with Crippen LogP contribution in [0.1, 0.15) is 24.3 Å². The minimum atomic E-state index is -3.57. The molecule has 0 unspecified atom stereocenters. The van der Waals surface area contributed by atoms with Gasteiger partial charge in [-0.25, -0.2) is 18.4 Å². The van der Waals surface area contributed by atoms with Crippen LogP contribution in [0.2, 0.25) is 5.02 Å². The number of rotatable bonds is 10. The monoisotopic (exact) mass is 609 g/mol. The number of sulfone groups is 1. The van der Waals surface area contributed by atoms with E-state index in [1.54, 1.807) is 44.2 Å². The maximum absolute atomic E-state index is 13.0. The van der Waals surface area contributed by atoms with Crippen molar-refractivity contribution in [3.05, 3.63) is 71.5 Å². The van der Waals surface area contributed by atoms with Crippen molar-refractivity contribution >= 4 is 61.4 Å². The van der Waals surface area contributed by atoms with Crippen molar-refractivity contribution < 1.29 is 17.9 Å². The summed E-state index contributed by atoms with van der Waals surface area (Å²) in [5, 5.41) is 9.56. The Bertz CT molecular complexity index is 1690. The van der Waals surface area contributed by atoms with E-state index in [2.05, 4.69) is 35.8 Å². The van der Waals surface area contributed by atoms with Gasteiger partial charge in [-0.05, 0) is 38.1 Å². The lowest BCUT2D eigenvalue weighted by atomic mass is 10.1. The lowest BCUT2D eigenvalue weighted by Crippen LogP contribution is -2.41. The molecule has 1 aliphatic rings. The Kier molecular flexibility index (Phi) is 9.17. The van der Waals surface area contributed by atoms with Gasteiger partial charge in [0.1, 0.15) is 10.7 Å². The average Bonchev–Trinajstić information content (AvgIpc) is 2.99. The summed E-state index contributed by atoms with van der Waals surface area (Å²) in [4.78, 5) is 28.8. The van der Waals surface area contributed by atoms with Gasteiger partial charge in [0.05, 0.1) is 46.4 Å². The first kappa shape index (κ1) is 29.6. The third kappa shape index (κ3) is 6.79. The number of carbonyl (C=O) groups is 1. The first-order valence-corrected chi connectivity index (χ1v) is 15.5. The SMILES string of the molecule is CC(C)S(=O)(=O)c1ccccc1Nc1nc(Nc2cc(C(=O)NCCN3CCOCC3)nc3ccccc23)ncc1Cl. The highest BCUT2D eigenvalue weighted by atomic mass is 35.5. The first-order valence-electron chi connectivity index (χ1n) is 13.6.